The number of nitrogens with zero attached hydrogens (tertiary/aromatic N) is 2. The molecule has 2 amide bonds. The summed E-state index contributed by atoms with van der Waals surface area (Å²) in [5.41, 5.74) is 3.61. The molecule has 0 fully saturated rings. The summed E-state index contributed by atoms with van der Waals surface area (Å²) < 4.78 is 0. The maximum absolute atomic E-state index is 11.7. The van der Waals surface area contributed by atoms with Gasteiger partial charge in [-0.05, 0) is 23.8 Å². The normalized spacial score (nSPS) is 10.8. The lowest BCUT2D eigenvalue weighted by molar-refractivity contribution is -0.120. The van der Waals surface area contributed by atoms with E-state index in [9.17, 15) is 9.59 Å². The minimum absolute atomic E-state index is 0.171. The van der Waals surface area contributed by atoms with E-state index in [1.165, 1.54) is 12.4 Å². The van der Waals surface area contributed by atoms with Gasteiger partial charge in [0, 0.05) is 12.4 Å². The molecular formula is C17H16N4O2. The van der Waals surface area contributed by atoms with Crippen LogP contribution in [0.1, 0.15) is 16.1 Å². The van der Waals surface area contributed by atoms with Crippen molar-refractivity contribution < 1.29 is 9.59 Å². The summed E-state index contributed by atoms with van der Waals surface area (Å²) in [7, 11) is 0. The van der Waals surface area contributed by atoms with Crippen molar-refractivity contribution in [3.05, 3.63) is 72.1 Å². The Labute approximate surface area is 133 Å². The molecule has 0 spiro atoms. The van der Waals surface area contributed by atoms with E-state index in [0.29, 0.717) is 0 Å². The van der Waals surface area contributed by atoms with Crippen LogP contribution in [0.5, 0.6) is 0 Å². The Bertz CT molecular complexity index is 697. The monoisotopic (exact) mass is 308 g/mol. The molecule has 6 nitrogen and oxygen atoms in total. The molecule has 1 aromatic heterocycles. The minimum atomic E-state index is -0.418. The maximum atomic E-state index is 11.7. The first-order chi connectivity index (χ1) is 11.3. The zero-order valence-electron chi connectivity index (χ0n) is 12.3. The molecule has 0 bridgehead atoms. The summed E-state index contributed by atoms with van der Waals surface area (Å²) in [6.07, 6.45) is 6.55. The molecule has 0 saturated carbocycles. The Morgan fingerprint density at radius 3 is 2.61 bits per heavy atom. The van der Waals surface area contributed by atoms with Gasteiger partial charge >= 0.3 is 0 Å². The van der Waals surface area contributed by atoms with Gasteiger partial charge in [-0.2, -0.15) is 5.10 Å². The first-order valence-electron chi connectivity index (χ1n) is 6.98. The van der Waals surface area contributed by atoms with Crippen LogP contribution in [0.2, 0.25) is 0 Å². The minimum Gasteiger partial charge on any atom is -0.342 e. The smallest absolute Gasteiger partial charge is 0.270 e. The van der Waals surface area contributed by atoms with Crippen molar-refractivity contribution in [2.45, 2.75) is 0 Å². The number of carbonyl (C=O) groups is 2. The molecule has 0 aliphatic rings. The van der Waals surface area contributed by atoms with Gasteiger partial charge in [0.15, 0.2) is 0 Å². The third kappa shape index (κ3) is 5.92. The van der Waals surface area contributed by atoms with E-state index in [0.717, 1.165) is 5.56 Å². The van der Waals surface area contributed by atoms with Crippen LogP contribution in [-0.4, -0.2) is 29.6 Å². The van der Waals surface area contributed by atoms with Crippen LogP contribution in [0.25, 0.3) is 6.08 Å². The SMILES string of the molecule is O=C(CNC(=O)c1ccccn1)N/N=C/C=C/c1ccccc1. The number of aromatic nitrogens is 1. The van der Waals surface area contributed by atoms with Gasteiger partial charge in [-0.15, -0.1) is 0 Å². The van der Waals surface area contributed by atoms with Crippen LogP contribution in [0.4, 0.5) is 0 Å². The van der Waals surface area contributed by atoms with E-state index in [-0.39, 0.29) is 12.2 Å². The molecule has 0 aliphatic carbocycles. The largest absolute Gasteiger partial charge is 0.342 e. The van der Waals surface area contributed by atoms with Crippen molar-refractivity contribution in [2.24, 2.45) is 5.10 Å². The Morgan fingerprint density at radius 2 is 1.87 bits per heavy atom. The van der Waals surface area contributed by atoms with E-state index in [1.54, 1.807) is 24.3 Å². The standard InChI is InChI=1S/C17H16N4O2/c22-16(13-19-17(23)15-10-4-5-11-18-15)21-20-12-6-9-14-7-2-1-3-8-14/h1-12H,13H2,(H,19,23)(H,21,22)/b9-6+,20-12+. The van der Waals surface area contributed by atoms with Gasteiger partial charge in [-0.1, -0.05) is 42.5 Å². The van der Waals surface area contributed by atoms with Crippen LogP contribution < -0.4 is 10.7 Å². The van der Waals surface area contributed by atoms with Crippen molar-refractivity contribution in [2.75, 3.05) is 6.54 Å². The quantitative estimate of drug-likeness (QED) is 0.628. The van der Waals surface area contributed by atoms with E-state index in [2.05, 4.69) is 20.8 Å². The average Bonchev–Trinajstić information content (AvgIpc) is 2.61. The highest BCUT2D eigenvalue weighted by Crippen LogP contribution is 1.99. The molecule has 0 radical (unpaired) electrons. The number of benzene rings is 1. The summed E-state index contributed by atoms with van der Waals surface area (Å²) >= 11 is 0. The lowest BCUT2D eigenvalue weighted by Crippen LogP contribution is -2.35. The molecule has 116 valence electrons. The number of hydrazone groups is 1. The second kappa shape index (κ2) is 8.89. The van der Waals surface area contributed by atoms with Crippen molar-refractivity contribution >= 4 is 24.1 Å². The van der Waals surface area contributed by atoms with E-state index < -0.39 is 11.8 Å². The summed E-state index contributed by atoms with van der Waals surface area (Å²) in [6, 6.07) is 14.7. The molecule has 0 saturated heterocycles. The molecule has 0 atom stereocenters. The maximum Gasteiger partial charge on any atom is 0.270 e. The van der Waals surface area contributed by atoms with Gasteiger partial charge in [0.2, 0.25) is 0 Å². The van der Waals surface area contributed by atoms with E-state index in [1.807, 2.05) is 36.4 Å². The highest BCUT2D eigenvalue weighted by Gasteiger charge is 2.07. The summed E-state index contributed by atoms with van der Waals surface area (Å²) in [6.45, 7) is -0.171. The Hall–Kier alpha value is -3.28. The number of nitrogens with one attached hydrogen (secondary N) is 2. The van der Waals surface area contributed by atoms with Crippen LogP contribution in [-0.2, 0) is 4.79 Å². The first-order valence-corrected chi connectivity index (χ1v) is 6.98. The Balaban J connectivity index is 1.70. The van der Waals surface area contributed by atoms with Gasteiger partial charge in [0.25, 0.3) is 11.8 Å². The third-order valence-electron chi connectivity index (χ3n) is 2.75. The zero-order valence-corrected chi connectivity index (χ0v) is 12.3. The zero-order chi connectivity index (χ0) is 16.3. The summed E-state index contributed by atoms with van der Waals surface area (Å²) in [5.74, 6) is -0.827. The number of allylic oxidation sites excluding steroid dienone is 1. The number of amides is 2. The van der Waals surface area contributed by atoms with Crippen molar-refractivity contribution in [3.63, 3.8) is 0 Å². The highest BCUT2D eigenvalue weighted by atomic mass is 16.2. The molecule has 1 aromatic carbocycles. The van der Waals surface area contributed by atoms with Gasteiger partial charge in [-0.3, -0.25) is 14.6 Å². The van der Waals surface area contributed by atoms with Crippen LogP contribution in [0, 0.1) is 0 Å². The molecule has 0 unspecified atom stereocenters. The lowest BCUT2D eigenvalue weighted by atomic mass is 10.2. The average molecular weight is 308 g/mol. The fraction of sp³-hybridized carbons (Fsp3) is 0.0588. The second-order valence-corrected chi connectivity index (χ2v) is 4.48. The third-order valence-corrected chi connectivity index (χ3v) is 2.75. The van der Waals surface area contributed by atoms with Crippen molar-refractivity contribution in [1.82, 2.24) is 15.7 Å². The molecule has 2 aromatic rings. The van der Waals surface area contributed by atoms with E-state index in [4.69, 9.17) is 0 Å². The molecule has 2 rings (SSSR count). The Kier molecular flexibility index (Phi) is 6.22. The number of rotatable bonds is 6. The van der Waals surface area contributed by atoms with Crippen molar-refractivity contribution in [1.29, 1.82) is 0 Å². The lowest BCUT2D eigenvalue weighted by Gasteiger charge is -2.02. The van der Waals surface area contributed by atoms with Gasteiger partial charge < -0.3 is 5.32 Å². The molecule has 0 aliphatic heterocycles. The molecule has 2 N–H and O–H groups in total. The Morgan fingerprint density at radius 1 is 1.09 bits per heavy atom. The van der Waals surface area contributed by atoms with Crippen LogP contribution in [0.3, 0.4) is 0 Å². The van der Waals surface area contributed by atoms with Gasteiger partial charge in [-0.25, -0.2) is 5.43 Å². The number of carbonyl (C=O) groups excluding carboxylic acids is 2. The second-order valence-electron chi connectivity index (χ2n) is 4.48. The molecule has 23 heavy (non-hydrogen) atoms. The predicted molar refractivity (Wildman–Crippen MR) is 88.7 cm³/mol. The van der Waals surface area contributed by atoms with Crippen LogP contribution >= 0.6 is 0 Å². The van der Waals surface area contributed by atoms with Crippen LogP contribution in [0.15, 0.2) is 65.9 Å². The van der Waals surface area contributed by atoms with Crippen molar-refractivity contribution in [3.8, 4) is 0 Å². The summed E-state index contributed by atoms with van der Waals surface area (Å²) in [4.78, 5) is 27.1. The molecule has 1 heterocycles. The first kappa shape index (κ1) is 16.1. The molecule has 6 heteroatoms. The van der Waals surface area contributed by atoms with E-state index >= 15 is 0 Å². The number of hydrogen-bond acceptors (Lipinski definition) is 4. The fourth-order valence-corrected chi connectivity index (χ4v) is 1.66. The topological polar surface area (TPSA) is 83.5 Å². The molecular weight excluding hydrogens is 292 g/mol. The summed E-state index contributed by atoms with van der Waals surface area (Å²) in [5, 5.41) is 6.22. The highest BCUT2D eigenvalue weighted by molar-refractivity contribution is 5.94. The van der Waals surface area contributed by atoms with Gasteiger partial charge in [0.05, 0.1) is 6.54 Å². The predicted octanol–water partition coefficient (Wildman–Crippen LogP) is 1.63. The fourth-order valence-electron chi connectivity index (χ4n) is 1.66. The number of pyridine rings is 1. The van der Waals surface area contributed by atoms with Gasteiger partial charge in [0.1, 0.15) is 5.69 Å². The number of hydrogen-bond donors (Lipinski definition) is 2.